The second-order valence-electron chi connectivity index (χ2n) is 8.46. The molecule has 0 aliphatic rings. The molecular formula is C32H21IrN5. The first kappa shape index (κ1) is 25.0. The largest absolute Gasteiger partial charge is 0.320 e. The van der Waals surface area contributed by atoms with Crippen LogP contribution in [0.1, 0.15) is 0 Å². The van der Waals surface area contributed by atoms with Crippen molar-refractivity contribution in [1.29, 1.82) is 0 Å². The third-order valence-corrected chi connectivity index (χ3v) is 6.18. The number of nitrogens with zero attached hydrogens (tertiary/aromatic N) is 5. The van der Waals surface area contributed by atoms with Crippen LogP contribution in [0.15, 0.2) is 127 Å². The number of hydrogen-bond donors (Lipinski definition) is 0. The molecule has 0 aliphatic heterocycles. The van der Waals surface area contributed by atoms with Gasteiger partial charge >= 0.3 is 5.82 Å². The molecule has 0 saturated heterocycles. The molecule has 1 heterocycles. The monoisotopic (exact) mass is 668 g/mol. The Bertz CT molecular complexity index is 1670. The van der Waals surface area contributed by atoms with E-state index in [1.54, 1.807) is 23.0 Å². The zero-order valence-electron chi connectivity index (χ0n) is 20.2. The fourth-order valence-electron chi connectivity index (χ4n) is 4.48. The van der Waals surface area contributed by atoms with Crippen LogP contribution >= 0.6 is 0 Å². The molecule has 0 spiro atoms. The Hall–Kier alpha value is -4.69. The van der Waals surface area contributed by atoms with E-state index in [4.69, 9.17) is 6.57 Å². The van der Waals surface area contributed by atoms with Gasteiger partial charge in [0.05, 0.1) is 28.6 Å². The van der Waals surface area contributed by atoms with Gasteiger partial charge in [-0.25, -0.2) is 0 Å². The van der Waals surface area contributed by atoms with Gasteiger partial charge in [0.1, 0.15) is 5.69 Å². The summed E-state index contributed by atoms with van der Waals surface area (Å²) >= 11 is 0. The van der Waals surface area contributed by atoms with Gasteiger partial charge in [0.25, 0.3) is 0 Å². The fraction of sp³-hybridized carbons (Fsp3) is 0. The van der Waals surface area contributed by atoms with E-state index in [1.807, 2.05) is 71.4 Å². The van der Waals surface area contributed by atoms with Crippen LogP contribution in [0.5, 0.6) is 0 Å². The quantitative estimate of drug-likeness (QED) is 0.148. The van der Waals surface area contributed by atoms with Crippen molar-refractivity contribution in [3.63, 3.8) is 0 Å². The minimum atomic E-state index is 0. The van der Waals surface area contributed by atoms with Crippen molar-refractivity contribution in [1.82, 2.24) is 15.0 Å². The van der Waals surface area contributed by atoms with Crippen molar-refractivity contribution in [3.8, 4) is 45.0 Å². The van der Waals surface area contributed by atoms with Gasteiger partial charge in [-0.15, -0.1) is 16.8 Å². The van der Waals surface area contributed by atoms with Crippen LogP contribution in [-0.4, -0.2) is 15.0 Å². The third kappa shape index (κ3) is 4.69. The van der Waals surface area contributed by atoms with E-state index in [0.717, 1.165) is 33.5 Å². The normalized spacial score (nSPS) is 10.4. The maximum atomic E-state index is 7.51. The van der Waals surface area contributed by atoms with Crippen LogP contribution in [0.4, 0.5) is 5.69 Å². The van der Waals surface area contributed by atoms with Gasteiger partial charge < -0.3 is 0 Å². The molecular weight excluding hydrogens is 647 g/mol. The summed E-state index contributed by atoms with van der Waals surface area (Å²) in [6, 6.07) is 45.5. The number of hydrogen-bond acceptors (Lipinski definition) is 2. The van der Waals surface area contributed by atoms with E-state index in [1.165, 1.54) is 0 Å². The second-order valence-corrected chi connectivity index (χ2v) is 8.46. The van der Waals surface area contributed by atoms with Gasteiger partial charge in [0.15, 0.2) is 5.21 Å². The average Bonchev–Trinajstić information content (AvgIpc) is 3.43. The van der Waals surface area contributed by atoms with Gasteiger partial charge in [-0.05, 0) is 28.1 Å². The number of rotatable bonds is 5. The van der Waals surface area contributed by atoms with Gasteiger partial charge in [0.2, 0.25) is 0 Å². The number of aromatic nitrogens is 4. The van der Waals surface area contributed by atoms with E-state index < -0.39 is 0 Å². The van der Waals surface area contributed by atoms with Crippen molar-refractivity contribution in [2.24, 2.45) is 0 Å². The first-order valence-corrected chi connectivity index (χ1v) is 11.9. The van der Waals surface area contributed by atoms with Gasteiger partial charge in [-0.2, -0.15) is 12.1 Å². The Morgan fingerprint density at radius 1 is 0.684 bits per heavy atom. The standard InChI is InChI=1S/C32H21N5.Ir/c1-33-27-19-11-20-28(23-27)37-35-34-32(26-17-9-4-10-18-26)36(37)31-29(24-13-5-2-6-14-24)21-12-22-30(31)25-15-7-3-8-16-25;/h2-19,21-23H;. The molecule has 0 fully saturated rings. The molecule has 183 valence electrons. The fourth-order valence-corrected chi connectivity index (χ4v) is 4.48. The minimum absolute atomic E-state index is 0. The van der Waals surface area contributed by atoms with Crippen molar-refractivity contribution < 1.29 is 24.9 Å². The second kappa shape index (κ2) is 11.1. The predicted octanol–water partition coefficient (Wildman–Crippen LogP) is 6.89. The van der Waals surface area contributed by atoms with Crippen LogP contribution in [-0.2, 0) is 20.1 Å². The van der Waals surface area contributed by atoms with Gasteiger partial charge in [-0.3, -0.25) is 4.85 Å². The first-order valence-electron chi connectivity index (χ1n) is 11.9. The summed E-state index contributed by atoms with van der Waals surface area (Å²) in [4.78, 5) is 5.34. The van der Waals surface area contributed by atoms with E-state index in [0.29, 0.717) is 17.2 Å². The summed E-state index contributed by atoms with van der Waals surface area (Å²) in [5, 5.41) is 9.22. The van der Waals surface area contributed by atoms with Crippen molar-refractivity contribution >= 4 is 5.69 Å². The summed E-state index contributed by atoms with van der Waals surface area (Å²) in [5.41, 5.74) is 7.23. The van der Waals surface area contributed by atoms with Crippen LogP contribution in [0.2, 0.25) is 0 Å². The molecule has 6 rings (SSSR count). The number of para-hydroxylation sites is 1. The summed E-state index contributed by atoms with van der Waals surface area (Å²) in [7, 11) is 0. The number of benzene rings is 5. The summed E-state index contributed by atoms with van der Waals surface area (Å²) < 4.78 is 2.03. The molecule has 0 amide bonds. The van der Waals surface area contributed by atoms with E-state index in [-0.39, 0.29) is 20.1 Å². The topological polar surface area (TPSA) is 39.0 Å². The Morgan fingerprint density at radius 2 is 1.24 bits per heavy atom. The van der Waals surface area contributed by atoms with Crippen molar-refractivity contribution in [3.05, 3.63) is 145 Å². The molecule has 6 aromatic rings. The molecule has 38 heavy (non-hydrogen) atoms. The molecule has 0 atom stereocenters. The molecule has 6 heteroatoms. The molecule has 0 aliphatic carbocycles. The maximum absolute atomic E-state index is 7.51. The summed E-state index contributed by atoms with van der Waals surface area (Å²) in [5.74, 6) is 0.683. The maximum Gasteiger partial charge on any atom is 0.320 e. The molecule has 0 unspecified atom stereocenters. The van der Waals surface area contributed by atoms with Crippen molar-refractivity contribution in [2.75, 3.05) is 0 Å². The zero-order chi connectivity index (χ0) is 25.0. The molecule has 0 bridgehead atoms. The smallest absolute Gasteiger partial charge is 0.265 e. The summed E-state index contributed by atoms with van der Waals surface area (Å²) in [6.45, 7) is 7.51. The molecule has 5 nitrogen and oxygen atoms in total. The van der Waals surface area contributed by atoms with Crippen molar-refractivity contribution in [2.45, 2.75) is 0 Å². The van der Waals surface area contributed by atoms with Crippen LogP contribution < -0.4 is 4.80 Å². The Balaban J connectivity index is 0.00000294. The molecule has 0 saturated carbocycles. The first-order chi connectivity index (χ1) is 18.3. The molecule has 0 N–H and O–H groups in total. The van der Waals surface area contributed by atoms with Crippen LogP contribution in [0, 0.1) is 12.6 Å². The van der Waals surface area contributed by atoms with E-state index in [9.17, 15) is 0 Å². The predicted molar refractivity (Wildman–Crippen MR) is 144 cm³/mol. The molecule has 5 aromatic carbocycles. The molecule has 1 aromatic heterocycles. The van der Waals surface area contributed by atoms with Gasteiger partial charge in [0, 0.05) is 31.2 Å². The SMILES string of the molecule is [C-]#[N+]c1cc[c-]c(-[n+]2nnc(-c3ccccc3)n2-c2c(-c3ccccc3)cccc2-c2ccccc2)c1.[Ir]. The van der Waals surface area contributed by atoms with Crippen LogP contribution in [0.25, 0.3) is 49.9 Å². The average molecular weight is 668 g/mol. The van der Waals surface area contributed by atoms with E-state index >= 15 is 0 Å². The molecule has 1 radical (unpaired) electrons. The zero-order valence-corrected chi connectivity index (χ0v) is 22.6. The van der Waals surface area contributed by atoms with Gasteiger partial charge in [-0.1, -0.05) is 97.1 Å². The minimum Gasteiger partial charge on any atom is -0.265 e. The van der Waals surface area contributed by atoms with Crippen LogP contribution in [0.3, 0.4) is 0 Å². The Morgan fingerprint density at radius 3 is 1.79 bits per heavy atom. The summed E-state index contributed by atoms with van der Waals surface area (Å²) in [6.07, 6.45) is 0. The third-order valence-electron chi connectivity index (χ3n) is 6.18. The Kier molecular flexibility index (Phi) is 7.33. The Labute approximate surface area is 234 Å². The number of tetrazole rings is 1. The van der Waals surface area contributed by atoms with E-state index in [2.05, 4.69) is 63.7 Å².